The largest absolute Gasteiger partial charge is 0.317 e. The first-order valence-corrected chi connectivity index (χ1v) is 6.58. The molecule has 0 saturated heterocycles. The van der Waals surface area contributed by atoms with Crippen LogP contribution < -0.4 is 5.32 Å². The zero-order valence-electron chi connectivity index (χ0n) is 10.9. The predicted octanol–water partition coefficient (Wildman–Crippen LogP) is 2.40. The Labute approximate surface area is 99.2 Å². The fourth-order valence-electron chi connectivity index (χ4n) is 1.82. The summed E-state index contributed by atoms with van der Waals surface area (Å²) in [6, 6.07) is 2.24. The highest BCUT2D eigenvalue weighted by molar-refractivity contribution is 5.10. The molecule has 0 aliphatic rings. The lowest BCUT2D eigenvalue weighted by Crippen LogP contribution is -2.18. The van der Waals surface area contributed by atoms with Gasteiger partial charge in [-0.15, -0.1) is 0 Å². The van der Waals surface area contributed by atoms with Crippen molar-refractivity contribution >= 4 is 0 Å². The van der Waals surface area contributed by atoms with Crippen molar-refractivity contribution in [2.75, 3.05) is 13.1 Å². The van der Waals surface area contributed by atoms with Crippen LogP contribution in [0.5, 0.6) is 0 Å². The van der Waals surface area contributed by atoms with Gasteiger partial charge in [-0.3, -0.25) is 4.68 Å². The van der Waals surface area contributed by atoms with Crippen LogP contribution in [-0.2, 0) is 19.4 Å². The fourth-order valence-corrected chi connectivity index (χ4v) is 1.82. The molecule has 0 spiro atoms. The zero-order chi connectivity index (χ0) is 11.8. The minimum absolute atomic E-state index is 1.04. The first kappa shape index (κ1) is 13.2. The Morgan fingerprint density at radius 2 is 2.00 bits per heavy atom. The summed E-state index contributed by atoms with van der Waals surface area (Å²) in [6.45, 7) is 9.82. The van der Waals surface area contributed by atoms with Gasteiger partial charge in [0.15, 0.2) is 0 Å². The minimum Gasteiger partial charge on any atom is -0.317 e. The van der Waals surface area contributed by atoms with E-state index in [-0.39, 0.29) is 0 Å². The van der Waals surface area contributed by atoms with Gasteiger partial charge >= 0.3 is 0 Å². The summed E-state index contributed by atoms with van der Waals surface area (Å²) in [5.74, 6) is 0. The summed E-state index contributed by atoms with van der Waals surface area (Å²) in [7, 11) is 0. The number of aryl methyl sites for hydroxylation is 3. The van der Waals surface area contributed by atoms with Gasteiger partial charge in [-0.2, -0.15) is 5.10 Å². The molecule has 1 aromatic heterocycles. The van der Waals surface area contributed by atoms with E-state index in [0.717, 1.165) is 38.9 Å². The standard InChI is InChI=1S/C13H25N3/c1-4-8-14-9-7-10-16-13(6-3)11-12(5-2)15-16/h11,14H,4-10H2,1-3H3. The summed E-state index contributed by atoms with van der Waals surface area (Å²) in [4.78, 5) is 0. The minimum atomic E-state index is 1.04. The quantitative estimate of drug-likeness (QED) is 0.686. The molecule has 0 amide bonds. The van der Waals surface area contributed by atoms with E-state index in [2.05, 4.69) is 41.9 Å². The lowest BCUT2D eigenvalue weighted by atomic mass is 10.2. The molecule has 0 fully saturated rings. The maximum atomic E-state index is 4.61. The van der Waals surface area contributed by atoms with E-state index < -0.39 is 0 Å². The molecule has 1 N–H and O–H groups in total. The van der Waals surface area contributed by atoms with Crippen LogP contribution in [0.4, 0.5) is 0 Å². The van der Waals surface area contributed by atoms with Crippen LogP contribution in [0.1, 0.15) is 45.0 Å². The van der Waals surface area contributed by atoms with Crippen LogP contribution in [0.3, 0.4) is 0 Å². The van der Waals surface area contributed by atoms with E-state index in [9.17, 15) is 0 Å². The Morgan fingerprint density at radius 3 is 2.62 bits per heavy atom. The van der Waals surface area contributed by atoms with Crippen molar-refractivity contribution in [3.63, 3.8) is 0 Å². The molecule has 0 radical (unpaired) electrons. The first-order valence-electron chi connectivity index (χ1n) is 6.58. The molecule has 0 aliphatic heterocycles. The van der Waals surface area contributed by atoms with Gasteiger partial charge in [0, 0.05) is 12.2 Å². The number of hydrogen-bond acceptors (Lipinski definition) is 2. The van der Waals surface area contributed by atoms with Crippen LogP contribution in [0.2, 0.25) is 0 Å². The fraction of sp³-hybridized carbons (Fsp3) is 0.769. The van der Waals surface area contributed by atoms with Gasteiger partial charge in [0.2, 0.25) is 0 Å². The predicted molar refractivity (Wildman–Crippen MR) is 68.8 cm³/mol. The molecule has 0 unspecified atom stereocenters. The maximum absolute atomic E-state index is 4.61. The summed E-state index contributed by atoms with van der Waals surface area (Å²) < 4.78 is 2.17. The topological polar surface area (TPSA) is 29.9 Å². The Balaban J connectivity index is 2.37. The molecular weight excluding hydrogens is 198 g/mol. The van der Waals surface area contributed by atoms with E-state index in [4.69, 9.17) is 0 Å². The second-order valence-electron chi connectivity index (χ2n) is 4.16. The van der Waals surface area contributed by atoms with Gasteiger partial charge in [-0.1, -0.05) is 20.8 Å². The van der Waals surface area contributed by atoms with Crippen LogP contribution in [0.25, 0.3) is 0 Å². The summed E-state index contributed by atoms with van der Waals surface area (Å²) >= 11 is 0. The number of rotatable bonds is 8. The number of aromatic nitrogens is 2. The summed E-state index contributed by atoms with van der Waals surface area (Å²) in [5.41, 5.74) is 2.59. The molecule has 1 aromatic rings. The normalized spacial score (nSPS) is 10.9. The SMILES string of the molecule is CCCNCCCn1nc(CC)cc1CC. The molecular formula is C13H25N3. The Kier molecular flexibility index (Phi) is 6.16. The highest BCUT2D eigenvalue weighted by Crippen LogP contribution is 2.06. The van der Waals surface area contributed by atoms with E-state index in [1.165, 1.54) is 17.8 Å². The van der Waals surface area contributed by atoms with Crippen molar-refractivity contribution in [2.24, 2.45) is 0 Å². The second-order valence-corrected chi connectivity index (χ2v) is 4.16. The Morgan fingerprint density at radius 1 is 1.19 bits per heavy atom. The Bertz CT molecular complexity index is 291. The van der Waals surface area contributed by atoms with Crippen molar-refractivity contribution in [2.45, 2.75) is 53.0 Å². The third-order valence-corrected chi connectivity index (χ3v) is 2.79. The van der Waals surface area contributed by atoms with E-state index in [0.29, 0.717) is 0 Å². The maximum Gasteiger partial charge on any atom is 0.0624 e. The molecule has 0 atom stereocenters. The molecule has 1 heterocycles. The molecule has 3 heteroatoms. The number of hydrogen-bond donors (Lipinski definition) is 1. The number of nitrogens with one attached hydrogen (secondary N) is 1. The second kappa shape index (κ2) is 7.44. The van der Waals surface area contributed by atoms with Gasteiger partial charge < -0.3 is 5.32 Å². The lowest BCUT2D eigenvalue weighted by molar-refractivity contribution is 0.525. The molecule has 16 heavy (non-hydrogen) atoms. The van der Waals surface area contributed by atoms with E-state index >= 15 is 0 Å². The van der Waals surface area contributed by atoms with Crippen LogP contribution >= 0.6 is 0 Å². The molecule has 1 rings (SSSR count). The average Bonchev–Trinajstić information content (AvgIpc) is 2.71. The third-order valence-electron chi connectivity index (χ3n) is 2.79. The van der Waals surface area contributed by atoms with E-state index in [1.807, 2.05) is 0 Å². The molecule has 92 valence electrons. The smallest absolute Gasteiger partial charge is 0.0624 e. The highest BCUT2D eigenvalue weighted by Gasteiger charge is 2.04. The van der Waals surface area contributed by atoms with Crippen LogP contribution in [-0.4, -0.2) is 22.9 Å². The van der Waals surface area contributed by atoms with Gasteiger partial charge in [0.25, 0.3) is 0 Å². The van der Waals surface area contributed by atoms with Crippen molar-refractivity contribution in [1.29, 1.82) is 0 Å². The molecule has 0 saturated carbocycles. The van der Waals surface area contributed by atoms with Crippen molar-refractivity contribution in [3.05, 3.63) is 17.5 Å². The zero-order valence-corrected chi connectivity index (χ0v) is 10.9. The lowest BCUT2D eigenvalue weighted by Gasteiger charge is -2.06. The molecule has 0 aliphatic carbocycles. The van der Waals surface area contributed by atoms with Gasteiger partial charge in [-0.05, 0) is 44.8 Å². The summed E-state index contributed by atoms with van der Waals surface area (Å²) in [5, 5.41) is 8.03. The molecule has 0 aromatic carbocycles. The van der Waals surface area contributed by atoms with Crippen LogP contribution in [0, 0.1) is 0 Å². The van der Waals surface area contributed by atoms with Gasteiger partial charge in [0.05, 0.1) is 5.69 Å². The monoisotopic (exact) mass is 223 g/mol. The van der Waals surface area contributed by atoms with Crippen LogP contribution in [0.15, 0.2) is 6.07 Å². The Hall–Kier alpha value is -0.830. The van der Waals surface area contributed by atoms with Gasteiger partial charge in [0.1, 0.15) is 0 Å². The first-order chi connectivity index (χ1) is 7.81. The van der Waals surface area contributed by atoms with E-state index in [1.54, 1.807) is 0 Å². The molecule has 0 bridgehead atoms. The van der Waals surface area contributed by atoms with Crippen molar-refractivity contribution in [1.82, 2.24) is 15.1 Å². The number of nitrogens with zero attached hydrogens (tertiary/aromatic N) is 2. The third kappa shape index (κ3) is 3.97. The highest BCUT2D eigenvalue weighted by atomic mass is 15.3. The van der Waals surface area contributed by atoms with Crippen molar-refractivity contribution in [3.8, 4) is 0 Å². The van der Waals surface area contributed by atoms with Crippen molar-refractivity contribution < 1.29 is 0 Å². The average molecular weight is 223 g/mol. The molecule has 3 nitrogen and oxygen atoms in total. The van der Waals surface area contributed by atoms with Gasteiger partial charge in [-0.25, -0.2) is 0 Å². The summed E-state index contributed by atoms with van der Waals surface area (Å²) in [6.07, 6.45) is 4.49.